The number of phenolic OH excluding ortho intramolecular Hbond substituents is 1. The van der Waals surface area contributed by atoms with E-state index in [0.717, 1.165) is 6.07 Å². The first kappa shape index (κ1) is 17.2. The first-order chi connectivity index (χ1) is 7.47. The summed E-state index contributed by atoms with van der Waals surface area (Å²) in [4.78, 5) is 21.8. The molecular weight excluding hydrogens is 433 g/mol. The van der Waals surface area contributed by atoms with E-state index in [2.05, 4.69) is 31.9 Å². The van der Waals surface area contributed by atoms with Gasteiger partial charge in [0.25, 0.3) is 0 Å². The van der Waals surface area contributed by atoms with E-state index in [0.29, 0.717) is 0 Å². The molecule has 4 nitrogen and oxygen atoms in total. The molecule has 1 aromatic rings. The molecule has 1 unspecified atom stereocenters. The van der Waals surface area contributed by atoms with Crippen molar-refractivity contribution >= 4 is 43.6 Å². The molecule has 1 atom stereocenters. The van der Waals surface area contributed by atoms with Crippen LogP contribution in [0, 0.1) is 5.33 Å². The van der Waals surface area contributed by atoms with Gasteiger partial charge in [0.2, 0.25) is 0 Å². The molecule has 0 heterocycles. The fourth-order valence-corrected chi connectivity index (χ4v) is 1.56. The molecule has 0 aliphatic heterocycles. The second-order valence-corrected chi connectivity index (χ2v) is 4.44. The fraction of sp³-hybridized carbons (Fsp3) is 0.100. The molecule has 0 aliphatic rings. The van der Waals surface area contributed by atoms with Gasteiger partial charge in [-0.1, -0.05) is 0 Å². The van der Waals surface area contributed by atoms with Crippen LogP contribution in [0.4, 0.5) is 0 Å². The summed E-state index contributed by atoms with van der Waals surface area (Å²) in [6.07, 6.45) is 0. The predicted molar refractivity (Wildman–Crippen MR) is 65.3 cm³/mol. The number of rotatable bonds is 4. The molecular formula is C10H7Br2O4Y-. The van der Waals surface area contributed by atoms with E-state index >= 15 is 0 Å². The zero-order chi connectivity index (χ0) is 12.3. The number of alkyl halides is 1. The van der Waals surface area contributed by atoms with Gasteiger partial charge in [-0.3, -0.25) is 4.79 Å². The van der Waals surface area contributed by atoms with Gasteiger partial charge in [0, 0.05) is 32.7 Å². The van der Waals surface area contributed by atoms with Gasteiger partial charge in [0.05, 0.1) is 11.1 Å². The number of carbonyl (C=O) groups is 2. The summed E-state index contributed by atoms with van der Waals surface area (Å²) in [6, 6.07) is 3.56. The Morgan fingerprint density at radius 2 is 1.94 bits per heavy atom. The molecule has 1 rings (SSSR count). The van der Waals surface area contributed by atoms with Crippen LogP contribution in [0.25, 0.3) is 0 Å². The van der Waals surface area contributed by atoms with Gasteiger partial charge in [0.1, 0.15) is 5.75 Å². The van der Waals surface area contributed by atoms with E-state index in [9.17, 15) is 14.7 Å². The standard InChI is InChI=1S/C10H7Br2O4.Y/c11-4-7(12)9(14)6-3-5(10(15)16)1-2-8(6)13;/h1-4,7,13H,(H,15,16);/q-1;. The normalized spacial score (nSPS) is 11.4. The second kappa shape index (κ2) is 7.61. The maximum absolute atomic E-state index is 11.7. The Labute approximate surface area is 140 Å². The van der Waals surface area contributed by atoms with Crippen molar-refractivity contribution in [2.24, 2.45) is 0 Å². The zero-order valence-corrected chi connectivity index (χ0v) is 14.4. The first-order valence-corrected chi connectivity index (χ1v) is 5.98. The first-order valence-electron chi connectivity index (χ1n) is 4.15. The molecule has 0 amide bonds. The van der Waals surface area contributed by atoms with Crippen LogP contribution < -0.4 is 0 Å². The molecule has 1 radical (unpaired) electrons. The van der Waals surface area contributed by atoms with Crippen LogP contribution in [-0.4, -0.2) is 26.8 Å². The average molecular weight is 440 g/mol. The van der Waals surface area contributed by atoms with E-state index in [-0.39, 0.29) is 49.6 Å². The van der Waals surface area contributed by atoms with Crippen LogP contribution in [0.3, 0.4) is 0 Å². The molecule has 17 heavy (non-hydrogen) atoms. The van der Waals surface area contributed by atoms with Gasteiger partial charge in [0.15, 0.2) is 5.78 Å². The van der Waals surface area contributed by atoms with Crippen molar-refractivity contribution < 1.29 is 52.5 Å². The number of hydrogen-bond donors (Lipinski definition) is 2. The van der Waals surface area contributed by atoms with Gasteiger partial charge >= 0.3 is 5.97 Å². The quantitative estimate of drug-likeness (QED) is 0.429. The van der Waals surface area contributed by atoms with Crippen LogP contribution in [0.5, 0.6) is 5.75 Å². The van der Waals surface area contributed by atoms with Gasteiger partial charge in [-0.25, -0.2) is 10.1 Å². The Morgan fingerprint density at radius 1 is 1.35 bits per heavy atom. The van der Waals surface area contributed by atoms with Crippen LogP contribution >= 0.6 is 31.9 Å². The summed E-state index contributed by atoms with van der Waals surface area (Å²) in [6.45, 7) is 0. The van der Waals surface area contributed by atoms with Gasteiger partial charge in [-0.05, 0) is 23.0 Å². The molecule has 0 fully saturated rings. The summed E-state index contributed by atoms with van der Waals surface area (Å²) in [5.41, 5.74) is -0.0760. The minimum absolute atomic E-state index is 0. The summed E-state index contributed by atoms with van der Waals surface area (Å²) in [7, 11) is 0. The Bertz CT molecular complexity index is 436. The topological polar surface area (TPSA) is 74.6 Å². The molecule has 89 valence electrons. The third-order valence-electron chi connectivity index (χ3n) is 1.87. The number of aromatic hydroxyl groups is 1. The third kappa shape index (κ3) is 4.43. The molecule has 0 aromatic heterocycles. The van der Waals surface area contributed by atoms with Crippen LogP contribution in [0.1, 0.15) is 20.7 Å². The van der Waals surface area contributed by atoms with Crippen LogP contribution in [0.2, 0.25) is 0 Å². The fourth-order valence-electron chi connectivity index (χ4n) is 1.07. The van der Waals surface area contributed by atoms with E-state index in [1.807, 2.05) is 0 Å². The summed E-state index contributed by atoms with van der Waals surface area (Å²) < 4.78 is 0. The molecule has 0 aliphatic carbocycles. The monoisotopic (exact) mass is 438 g/mol. The van der Waals surface area contributed by atoms with E-state index in [4.69, 9.17) is 5.11 Å². The van der Waals surface area contributed by atoms with Crippen molar-refractivity contribution in [2.75, 3.05) is 0 Å². The minimum atomic E-state index is -1.15. The number of halogens is 2. The third-order valence-corrected chi connectivity index (χ3v) is 3.79. The number of aromatic carboxylic acids is 1. The minimum Gasteiger partial charge on any atom is -0.507 e. The maximum Gasteiger partial charge on any atom is 0.335 e. The Balaban J connectivity index is 0.00000256. The number of benzene rings is 1. The predicted octanol–water partition coefficient (Wildman–Crippen LogP) is 2.59. The van der Waals surface area contributed by atoms with Crippen molar-refractivity contribution in [3.8, 4) is 5.75 Å². The number of carboxylic acids is 1. The Hall–Kier alpha value is 0.224. The molecule has 2 N–H and O–H groups in total. The second-order valence-electron chi connectivity index (χ2n) is 2.93. The van der Waals surface area contributed by atoms with Crippen LogP contribution in [0.15, 0.2) is 18.2 Å². The number of hydrogen-bond acceptors (Lipinski definition) is 3. The van der Waals surface area contributed by atoms with Crippen molar-refractivity contribution in [2.45, 2.75) is 4.83 Å². The number of phenols is 1. The molecule has 1 aromatic carbocycles. The molecule has 0 saturated heterocycles. The smallest absolute Gasteiger partial charge is 0.335 e. The van der Waals surface area contributed by atoms with E-state index in [1.165, 1.54) is 17.5 Å². The Kier molecular flexibility index (Phi) is 7.71. The van der Waals surface area contributed by atoms with Crippen molar-refractivity contribution in [1.82, 2.24) is 0 Å². The largest absolute Gasteiger partial charge is 0.507 e. The van der Waals surface area contributed by atoms with Crippen molar-refractivity contribution in [1.29, 1.82) is 0 Å². The van der Waals surface area contributed by atoms with Crippen molar-refractivity contribution in [3.63, 3.8) is 0 Å². The summed E-state index contributed by atoms with van der Waals surface area (Å²) in [5, 5.41) is 19.6. The van der Waals surface area contributed by atoms with Gasteiger partial charge < -0.3 is 26.1 Å². The van der Waals surface area contributed by atoms with Crippen molar-refractivity contribution in [3.05, 3.63) is 34.7 Å². The van der Waals surface area contributed by atoms with Gasteiger partial charge in [-0.15, -0.1) is 15.9 Å². The summed E-state index contributed by atoms with van der Waals surface area (Å²) in [5.74, 6) is -1.81. The van der Waals surface area contributed by atoms with E-state index < -0.39 is 16.6 Å². The Morgan fingerprint density at radius 3 is 2.41 bits per heavy atom. The van der Waals surface area contributed by atoms with Crippen LogP contribution in [-0.2, 0) is 32.7 Å². The van der Waals surface area contributed by atoms with Gasteiger partial charge in [-0.2, -0.15) is 0 Å². The number of carboxylic acid groups (broad SMARTS) is 1. The zero-order valence-electron chi connectivity index (χ0n) is 8.43. The number of Topliss-reactive ketones (excluding diaryl/α,β-unsaturated/α-hetero) is 1. The average Bonchev–Trinajstić information content (AvgIpc) is 2.27. The molecule has 0 bridgehead atoms. The number of ketones is 1. The number of carbonyl (C=O) groups excluding carboxylic acids is 1. The SMILES string of the molecule is O=C(O)c1ccc(O)c(C(=O)C(Br)[CH-]Br)c1.[Y]. The molecule has 0 saturated carbocycles. The maximum atomic E-state index is 11.7. The molecule has 0 spiro atoms. The molecule has 7 heteroatoms. The summed E-state index contributed by atoms with van der Waals surface area (Å²) >= 11 is 6.06. The van der Waals surface area contributed by atoms with E-state index in [1.54, 1.807) is 0 Å².